The van der Waals surface area contributed by atoms with E-state index in [1.54, 1.807) is 0 Å². The first-order valence-electron chi connectivity index (χ1n) is 6.41. The summed E-state index contributed by atoms with van der Waals surface area (Å²) < 4.78 is 0. The van der Waals surface area contributed by atoms with Crippen molar-refractivity contribution < 1.29 is 5.11 Å². The summed E-state index contributed by atoms with van der Waals surface area (Å²) in [6.45, 7) is 4.78. The molecule has 4 nitrogen and oxygen atoms in total. The summed E-state index contributed by atoms with van der Waals surface area (Å²) in [6.07, 6.45) is 3.64. The van der Waals surface area contributed by atoms with Gasteiger partial charge >= 0.3 is 0 Å². The van der Waals surface area contributed by atoms with Crippen molar-refractivity contribution in [2.24, 2.45) is 0 Å². The summed E-state index contributed by atoms with van der Waals surface area (Å²) in [5, 5.41) is 12.1. The summed E-state index contributed by atoms with van der Waals surface area (Å²) in [6, 6.07) is 8.22. The van der Waals surface area contributed by atoms with Crippen LogP contribution in [0.2, 0.25) is 0 Å². The van der Waals surface area contributed by atoms with Gasteiger partial charge in [-0.3, -0.25) is 0 Å². The summed E-state index contributed by atoms with van der Waals surface area (Å²) in [7, 11) is 0. The second-order valence-electron chi connectivity index (χ2n) is 4.75. The normalized spacial score (nSPS) is 12.4. The number of aliphatic hydroxyl groups excluding tert-OH is 1. The maximum Gasteiger partial charge on any atom is 0.159 e. The standard InChI is InChI=1S/C15H19N3O/c1-11-4-3-5-14(6-11)15-17-8-13(9-18-15)7-16-12(2)10-19/h3-6,8-9,12,16,19H,7,10H2,1-2H3/t12-/m1/s1. The molecule has 0 saturated carbocycles. The van der Waals surface area contributed by atoms with E-state index in [2.05, 4.69) is 34.3 Å². The average Bonchev–Trinajstić information content (AvgIpc) is 2.45. The molecule has 2 N–H and O–H groups in total. The van der Waals surface area contributed by atoms with E-state index in [1.807, 2.05) is 31.5 Å². The SMILES string of the molecule is Cc1cccc(-c2ncc(CN[C@H](C)CO)cn2)c1. The number of aromatic nitrogens is 2. The Labute approximate surface area is 113 Å². The molecule has 0 bridgehead atoms. The van der Waals surface area contributed by atoms with Crippen molar-refractivity contribution in [3.8, 4) is 11.4 Å². The number of aryl methyl sites for hydroxylation is 1. The van der Waals surface area contributed by atoms with Gasteiger partial charge in [-0.2, -0.15) is 0 Å². The monoisotopic (exact) mass is 257 g/mol. The van der Waals surface area contributed by atoms with Gasteiger partial charge in [-0.15, -0.1) is 0 Å². The van der Waals surface area contributed by atoms with Crippen LogP contribution in [0, 0.1) is 6.92 Å². The van der Waals surface area contributed by atoms with Crippen molar-refractivity contribution in [1.29, 1.82) is 0 Å². The minimum Gasteiger partial charge on any atom is -0.395 e. The number of hydrogen-bond acceptors (Lipinski definition) is 4. The number of nitrogens with zero attached hydrogens (tertiary/aromatic N) is 2. The predicted octanol–water partition coefficient (Wildman–Crippen LogP) is 1.92. The molecule has 0 saturated heterocycles. The van der Waals surface area contributed by atoms with Gasteiger partial charge in [-0.25, -0.2) is 9.97 Å². The Morgan fingerprint density at radius 3 is 2.63 bits per heavy atom. The smallest absolute Gasteiger partial charge is 0.159 e. The number of rotatable bonds is 5. The van der Waals surface area contributed by atoms with E-state index in [0.717, 1.165) is 17.0 Å². The molecule has 1 aromatic carbocycles. The molecule has 0 fully saturated rings. The first-order valence-corrected chi connectivity index (χ1v) is 6.41. The Morgan fingerprint density at radius 1 is 1.26 bits per heavy atom. The van der Waals surface area contributed by atoms with E-state index in [4.69, 9.17) is 5.11 Å². The quantitative estimate of drug-likeness (QED) is 0.859. The fourth-order valence-corrected chi connectivity index (χ4v) is 1.74. The zero-order valence-corrected chi connectivity index (χ0v) is 11.3. The van der Waals surface area contributed by atoms with Gasteiger partial charge in [0.1, 0.15) is 0 Å². The minimum atomic E-state index is 0.0800. The lowest BCUT2D eigenvalue weighted by atomic mass is 10.1. The van der Waals surface area contributed by atoms with E-state index in [-0.39, 0.29) is 12.6 Å². The van der Waals surface area contributed by atoms with Crippen molar-refractivity contribution in [2.75, 3.05) is 6.61 Å². The number of nitrogens with one attached hydrogen (secondary N) is 1. The zero-order valence-electron chi connectivity index (χ0n) is 11.3. The third-order valence-corrected chi connectivity index (χ3v) is 2.91. The Kier molecular flexibility index (Phi) is 4.60. The van der Waals surface area contributed by atoms with Gasteiger partial charge in [0, 0.05) is 36.1 Å². The van der Waals surface area contributed by atoms with Crippen LogP contribution in [0.3, 0.4) is 0 Å². The molecule has 1 atom stereocenters. The topological polar surface area (TPSA) is 58.0 Å². The van der Waals surface area contributed by atoms with Gasteiger partial charge in [0.2, 0.25) is 0 Å². The van der Waals surface area contributed by atoms with Crippen LogP contribution in [0.5, 0.6) is 0 Å². The Hall–Kier alpha value is -1.78. The van der Waals surface area contributed by atoms with Crippen LogP contribution in [0.1, 0.15) is 18.1 Å². The fourth-order valence-electron chi connectivity index (χ4n) is 1.74. The van der Waals surface area contributed by atoms with Crippen molar-refractivity contribution in [3.05, 3.63) is 47.8 Å². The molecular weight excluding hydrogens is 238 g/mol. The highest BCUT2D eigenvalue weighted by molar-refractivity contribution is 5.55. The summed E-state index contributed by atoms with van der Waals surface area (Å²) in [5.41, 5.74) is 3.24. The largest absolute Gasteiger partial charge is 0.395 e. The van der Waals surface area contributed by atoms with E-state index < -0.39 is 0 Å². The Balaban J connectivity index is 2.06. The molecular formula is C15H19N3O. The third-order valence-electron chi connectivity index (χ3n) is 2.91. The maximum absolute atomic E-state index is 8.94. The first kappa shape index (κ1) is 13.6. The van der Waals surface area contributed by atoms with E-state index in [0.29, 0.717) is 6.54 Å². The molecule has 4 heteroatoms. The highest BCUT2D eigenvalue weighted by Gasteiger charge is 2.03. The molecule has 2 rings (SSSR count). The van der Waals surface area contributed by atoms with Crippen LogP contribution in [0.25, 0.3) is 11.4 Å². The van der Waals surface area contributed by atoms with Crippen molar-refractivity contribution in [1.82, 2.24) is 15.3 Å². The average molecular weight is 257 g/mol. The third kappa shape index (κ3) is 3.84. The van der Waals surface area contributed by atoms with Gasteiger partial charge in [-0.05, 0) is 19.9 Å². The highest BCUT2D eigenvalue weighted by Crippen LogP contribution is 2.15. The van der Waals surface area contributed by atoms with Gasteiger partial charge < -0.3 is 10.4 Å². The second kappa shape index (κ2) is 6.41. The maximum atomic E-state index is 8.94. The summed E-state index contributed by atoms with van der Waals surface area (Å²) in [4.78, 5) is 8.76. The predicted molar refractivity (Wildman–Crippen MR) is 75.6 cm³/mol. The minimum absolute atomic E-state index is 0.0800. The molecule has 19 heavy (non-hydrogen) atoms. The van der Waals surface area contributed by atoms with Crippen molar-refractivity contribution in [2.45, 2.75) is 26.4 Å². The van der Waals surface area contributed by atoms with Gasteiger partial charge in [0.05, 0.1) is 6.61 Å². The van der Waals surface area contributed by atoms with Crippen LogP contribution >= 0.6 is 0 Å². The number of benzene rings is 1. The van der Waals surface area contributed by atoms with Crippen LogP contribution < -0.4 is 5.32 Å². The molecule has 0 unspecified atom stereocenters. The fraction of sp³-hybridized carbons (Fsp3) is 0.333. The Morgan fingerprint density at radius 2 is 2.00 bits per heavy atom. The van der Waals surface area contributed by atoms with Crippen molar-refractivity contribution >= 4 is 0 Å². The second-order valence-corrected chi connectivity index (χ2v) is 4.75. The van der Waals surface area contributed by atoms with Crippen LogP contribution in [0.15, 0.2) is 36.7 Å². The summed E-state index contributed by atoms with van der Waals surface area (Å²) in [5.74, 6) is 0.739. The van der Waals surface area contributed by atoms with Gasteiger partial charge in [0.25, 0.3) is 0 Å². The van der Waals surface area contributed by atoms with Crippen LogP contribution in [-0.4, -0.2) is 27.7 Å². The van der Waals surface area contributed by atoms with Gasteiger partial charge in [-0.1, -0.05) is 23.8 Å². The zero-order chi connectivity index (χ0) is 13.7. The van der Waals surface area contributed by atoms with E-state index in [1.165, 1.54) is 5.56 Å². The molecule has 0 aliphatic rings. The lowest BCUT2D eigenvalue weighted by Crippen LogP contribution is -2.28. The first-order chi connectivity index (χ1) is 9.19. The van der Waals surface area contributed by atoms with E-state index in [9.17, 15) is 0 Å². The molecule has 0 amide bonds. The van der Waals surface area contributed by atoms with Gasteiger partial charge in [0.15, 0.2) is 5.82 Å². The highest BCUT2D eigenvalue weighted by atomic mass is 16.3. The molecule has 0 aliphatic carbocycles. The molecule has 2 aromatic rings. The van der Waals surface area contributed by atoms with E-state index >= 15 is 0 Å². The molecule has 0 radical (unpaired) electrons. The molecule has 0 spiro atoms. The van der Waals surface area contributed by atoms with Crippen LogP contribution in [-0.2, 0) is 6.54 Å². The molecule has 100 valence electrons. The number of aliphatic hydroxyl groups is 1. The summed E-state index contributed by atoms with van der Waals surface area (Å²) >= 11 is 0. The lowest BCUT2D eigenvalue weighted by Gasteiger charge is -2.10. The van der Waals surface area contributed by atoms with Crippen molar-refractivity contribution in [3.63, 3.8) is 0 Å². The molecule has 1 heterocycles. The molecule has 1 aromatic heterocycles. The lowest BCUT2D eigenvalue weighted by molar-refractivity contribution is 0.251. The molecule has 0 aliphatic heterocycles. The Bertz CT molecular complexity index is 525. The number of hydrogen-bond donors (Lipinski definition) is 2. The van der Waals surface area contributed by atoms with Crippen LogP contribution in [0.4, 0.5) is 0 Å².